The minimum absolute atomic E-state index is 0.157. The van der Waals surface area contributed by atoms with Crippen LogP contribution < -0.4 is 10.5 Å². The van der Waals surface area contributed by atoms with Crippen molar-refractivity contribution in [2.24, 2.45) is 11.7 Å². The van der Waals surface area contributed by atoms with E-state index in [9.17, 15) is 13.6 Å². The Morgan fingerprint density at radius 2 is 2.08 bits per heavy atom. The van der Waals surface area contributed by atoms with E-state index in [1.807, 2.05) is 4.90 Å². The molecular formula is C20H22F2N2O2. The van der Waals surface area contributed by atoms with Crippen LogP contribution in [0.3, 0.4) is 0 Å². The summed E-state index contributed by atoms with van der Waals surface area (Å²) in [5.74, 6) is -0.382. The van der Waals surface area contributed by atoms with E-state index in [1.54, 1.807) is 24.3 Å². The summed E-state index contributed by atoms with van der Waals surface area (Å²) in [4.78, 5) is 13.5. The summed E-state index contributed by atoms with van der Waals surface area (Å²) in [5.41, 5.74) is 6.61. The molecule has 0 saturated carbocycles. The van der Waals surface area contributed by atoms with Crippen molar-refractivity contribution >= 4 is 5.91 Å². The maximum atomic E-state index is 14.4. The van der Waals surface area contributed by atoms with Gasteiger partial charge >= 0.3 is 0 Å². The molecule has 26 heavy (non-hydrogen) atoms. The van der Waals surface area contributed by atoms with Gasteiger partial charge in [0.15, 0.2) is 0 Å². The molecule has 0 aromatic heterocycles. The molecule has 4 nitrogen and oxygen atoms in total. The number of ether oxygens (including phenoxy) is 1. The number of carbonyl (C=O) groups is 1. The number of amides is 1. The Balaban J connectivity index is 1.65. The molecular weight excluding hydrogens is 338 g/mol. The number of halogens is 2. The van der Waals surface area contributed by atoms with Crippen molar-refractivity contribution in [3.63, 3.8) is 0 Å². The molecule has 1 amide bonds. The highest BCUT2D eigenvalue weighted by molar-refractivity contribution is 5.80. The van der Waals surface area contributed by atoms with Gasteiger partial charge in [-0.3, -0.25) is 9.69 Å². The summed E-state index contributed by atoms with van der Waals surface area (Å²) in [6.45, 7) is 3.25. The molecule has 0 spiro atoms. The molecule has 0 radical (unpaired) electrons. The van der Waals surface area contributed by atoms with Crippen LogP contribution in [0.15, 0.2) is 42.5 Å². The quantitative estimate of drug-likeness (QED) is 0.860. The monoisotopic (exact) mass is 360 g/mol. The van der Waals surface area contributed by atoms with E-state index >= 15 is 0 Å². The largest absolute Gasteiger partial charge is 0.489 e. The third-order valence-electron chi connectivity index (χ3n) is 4.63. The first kappa shape index (κ1) is 18.3. The molecule has 138 valence electrons. The Kier molecular flexibility index (Phi) is 5.52. The molecule has 0 bridgehead atoms. The van der Waals surface area contributed by atoms with Crippen molar-refractivity contribution in [1.82, 2.24) is 4.90 Å². The van der Waals surface area contributed by atoms with E-state index < -0.39 is 5.82 Å². The third kappa shape index (κ3) is 4.38. The zero-order valence-electron chi connectivity index (χ0n) is 14.6. The average molecular weight is 360 g/mol. The number of nitrogens with zero attached hydrogens (tertiary/aromatic N) is 1. The van der Waals surface area contributed by atoms with Crippen molar-refractivity contribution in [1.29, 1.82) is 0 Å². The molecule has 6 heteroatoms. The molecule has 2 aromatic carbocycles. The Bertz CT molecular complexity index is 797. The van der Waals surface area contributed by atoms with Crippen molar-refractivity contribution in [3.8, 4) is 5.75 Å². The molecule has 2 aromatic rings. The molecule has 2 atom stereocenters. The van der Waals surface area contributed by atoms with Crippen LogP contribution in [-0.4, -0.2) is 23.4 Å². The van der Waals surface area contributed by atoms with Crippen LogP contribution >= 0.6 is 0 Å². The van der Waals surface area contributed by atoms with Gasteiger partial charge in [0, 0.05) is 24.7 Å². The first-order chi connectivity index (χ1) is 12.4. The Morgan fingerprint density at radius 3 is 2.77 bits per heavy atom. The average Bonchev–Trinajstić information content (AvgIpc) is 2.96. The van der Waals surface area contributed by atoms with E-state index in [0.29, 0.717) is 42.3 Å². The number of hydrogen-bond donors (Lipinski definition) is 1. The Labute approximate surface area is 151 Å². The number of nitrogens with two attached hydrogens (primary N) is 1. The highest BCUT2D eigenvalue weighted by Crippen LogP contribution is 2.26. The summed E-state index contributed by atoms with van der Waals surface area (Å²) < 4.78 is 33.1. The fourth-order valence-electron chi connectivity index (χ4n) is 3.36. The smallest absolute Gasteiger partial charge is 0.234 e. The molecule has 1 aliphatic heterocycles. The lowest BCUT2D eigenvalue weighted by Crippen LogP contribution is -2.39. The van der Waals surface area contributed by atoms with Crippen LogP contribution in [0.4, 0.5) is 8.78 Å². The van der Waals surface area contributed by atoms with Crippen LogP contribution in [0.2, 0.25) is 0 Å². The summed E-state index contributed by atoms with van der Waals surface area (Å²) in [6, 6.07) is 10.4. The molecule has 0 unspecified atom stereocenters. The molecule has 2 N–H and O–H groups in total. The number of primary amides is 1. The lowest BCUT2D eigenvalue weighted by molar-refractivity contribution is -0.122. The third-order valence-corrected chi connectivity index (χ3v) is 4.63. The predicted octanol–water partition coefficient (Wildman–Crippen LogP) is 3.24. The molecule has 0 aliphatic carbocycles. The van der Waals surface area contributed by atoms with Crippen molar-refractivity contribution < 1.29 is 18.3 Å². The number of carbonyl (C=O) groups excluding carboxylic acids is 1. The zero-order valence-corrected chi connectivity index (χ0v) is 14.6. The van der Waals surface area contributed by atoms with Crippen molar-refractivity contribution in [3.05, 3.63) is 65.2 Å². The predicted molar refractivity (Wildman–Crippen MR) is 94.3 cm³/mol. The highest BCUT2D eigenvalue weighted by atomic mass is 19.1. The maximum Gasteiger partial charge on any atom is 0.234 e. The van der Waals surface area contributed by atoms with Crippen LogP contribution in [0, 0.1) is 17.6 Å². The van der Waals surface area contributed by atoms with Gasteiger partial charge in [-0.15, -0.1) is 0 Å². The lowest BCUT2D eigenvalue weighted by Gasteiger charge is -2.22. The molecule has 1 heterocycles. The summed E-state index contributed by atoms with van der Waals surface area (Å²) in [6.07, 6.45) is 0.700. The SMILES string of the molecule is C[C@H]1C[C@@H](C(N)=O)N(Cc2ccc(OCc3cccc(F)c3)cc2F)C1. The van der Waals surface area contributed by atoms with Crippen LogP contribution in [0.25, 0.3) is 0 Å². The molecule has 1 saturated heterocycles. The zero-order chi connectivity index (χ0) is 18.7. The van der Waals surface area contributed by atoms with Crippen LogP contribution in [-0.2, 0) is 17.9 Å². The summed E-state index contributed by atoms with van der Waals surface area (Å²) in [7, 11) is 0. The minimum Gasteiger partial charge on any atom is -0.489 e. The highest BCUT2D eigenvalue weighted by Gasteiger charge is 2.33. The van der Waals surface area contributed by atoms with Gasteiger partial charge < -0.3 is 10.5 Å². The first-order valence-electron chi connectivity index (χ1n) is 8.61. The number of rotatable bonds is 6. The number of likely N-dealkylation sites (tertiary alicyclic amines) is 1. The molecule has 1 aliphatic rings. The second-order valence-corrected chi connectivity index (χ2v) is 6.86. The van der Waals surface area contributed by atoms with Gasteiger partial charge in [-0.05, 0) is 36.1 Å². The molecule has 3 rings (SSSR count). The topological polar surface area (TPSA) is 55.6 Å². The van der Waals surface area contributed by atoms with Crippen LogP contribution in [0.1, 0.15) is 24.5 Å². The second kappa shape index (κ2) is 7.83. The standard InChI is InChI=1S/C20H22F2N2O2/c1-13-7-19(20(23)25)24(10-13)11-15-5-6-17(9-18(15)22)26-12-14-3-2-4-16(21)8-14/h2-6,8-9,13,19H,7,10-12H2,1H3,(H2,23,25)/t13-,19-/m0/s1. The fraction of sp³-hybridized carbons (Fsp3) is 0.350. The minimum atomic E-state index is -0.399. The Hall–Kier alpha value is -2.47. The number of hydrogen-bond acceptors (Lipinski definition) is 3. The van der Waals surface area contributed by atoms with Gasteiger partial charge in [-0.25, -0.2) is 8.78 Å². The van der Waals surface area contributed by atoms with E-state index in [1.165, 1.54) is 18.2 Å². The van der Waals surface area contributed by atoms with Gasteiger partial charge in [0.2, 0.25) is 5.91 Å². The Morgan fingerprint density at radius 1 is 1.27 bits per heavy atom. The second-order valence-electron chi connectivity index (χ2n) is 6.86. The van der Waals surface area contributed by atoms with Gasteiger partial charge in [0.1, 0.15) is 24.0 Å². The maximum absolute atomic E-state index is 14.4. The number of benzene rings is 2. The van der Waals surface area contributed by atoms with Crippen molar-refractivity contribution in [2.45, 2.75) is 32.5 Å². The summed E-state index contributed by atoms with van der Waals surface area (Å²) in [5, 5.41) is 0. The summed E-state index contributed by atoms with van der Waals surface area (Å²) >= 11 is 0. The normalized spacial score (nSPS) is 20.3. The first-order valence-corrected chi connectivity index (χ1v) is 8.61. The van der Waals surface area contributed by atoms with Crippen molar-refractivity contribution in [2.75, 3.05) is 6.54 Å². The van der Waals surface area contributed by atoms with E-state index in [4.69, 9.17) is 10.5 Å². The van der Waals surface area contributed by atoms with E-state index in [-0.39, 0.29) is 24.4 Å². The fourth-order valence-corrected chi connectivity index (χ4v) is 3.36. The van der Waals surface area contributed by atoms with Gasteiger partial charge in [-0.2, -0.15) is 0 Å². The van der Waals surface area contributed by atoms with E-state index in [0.717, 1.165) is 0 Å². The van der Waals surface area contributed by atoms with Gasteiger partial charge in [0.25, 0.3) is 0 Å². The van der Waals surface area contributed by atoms with Gasteiger partial charge in [0.05, 0.1) is 6.04 Å². The molecule has 1 fully saturated rings. The lowest BCUT2D eigenvalue weighted by atomic mass is 10.1. The van der Waals surface area contributed by atoms with Crippen LogP contribution in [0.5, 0.6) is 5.75 Å². The van der Waals surface area contributed by atoms with E-state index in [2.05, 4.69) is 6.92 Å². The van der Waals surface area contributed by atoms with Gasteiger partial charge in [-0.1, -0.05) is 25.1 Å².